The normalized spacial score (nSPS) is 12.2. The molecule has 0 heterocycles. The second kappa shape index (κ2) is 5.97. The van der Waals surface area contributed by atoms with E-state index in [4.69, 9.17) is 10.2 Å². The van der Waals surface area contributed by atoms with Gasteiger partial charge in [-0.2, -0.15) is 0 Å². The molecule has 0 fully saturated rings. The highest BCUT2D eigenvalue weighted by molar-refractivity contribution is 14.1. The highest BCUT2D eigenvalue weighted by atomic mass is 127. The maximum atomic E-state index is 10.7. The third-order valence-corrected chi connectivity index (χ3v) is 2.81. The van der Waals surface area contributed by atoms with E-state index in [0.717, 1.165) is 0 Å². The van der Waals surface area contributed by atoms with Crippen LogP contribution in [0.3, 0.4) is 0 Å². The summed E-state index contributed by atoms with van der Waals surface area (Å²) in [4.78, 5) is 10.2. The smallest absolute Gasteiger partial charge is 0.293 e. The lowest BCUT2D eigenvalue weighted by molar-refractivity contribution is -0.384. The first-order valence-electron chi connectivity index (χ1n) is 4.52. The van der Waals surface area contributed by atoms with Gasteiger partial charge in [-0.1, -0.05) is 6.07 Å². The molecule has 0 aliphatic heterocycles. The zero-order chi connectivity index (χ0) is 12.1. The highest BCUT2D eigenvalue weighted by Crippen LogP contribution is 2.29. The molecule has 0 amide bonds. The van der Waals surface area contributed by atoms with Crippen molar-refractivity contribution in [2.75, 3.05) is 18.5 Å². The minimum Gasteiger partial charge on any atom is -0.394 e. The molecular weight excluding hydrogens is 327 g/mol. The SMILES string of the molecule is O=[N+]([O-])c1cccc(I)c1NCC(O)CO. The van der Waals surface area contributed by atoms with Crippen LogP contribution in [0, 0.1) is 13.7 Å². The summed E-state index contributed by atoms with van der Waals surface area (Å²) in [5.41, 5.74) is 0.317. The van der Waals surface area contributed by atoms with Crippen LogP contribution in [0.1, 0.15) is 0 Å². The van der Waals surface area contributed by atoms with E-state index in [9.17, 15) is 10.1 Å². The second-order valence-electron chi connectivity index (χ2n) is 3.11. The summed E-state index contributed by atoms with van der Waals surface area (Å²) in [6.45, 7) is -0.318. The molecule has 3 N–H and O–H groups in total. The van der Waals surface area contributed by atoms with Crippen molar-refractivity contribution in [1.82, 2.24) is 0 Å². The van der Waals surface area contributed by atoms with Crippen LogP contribution in [0.15, 0.2) is 18.2 Å². The van der Waals surface area contributed by atoms with Gasteiger partial charge in [-0.05, 0) is 28.7 Å². The van der Waals surface area contributed by atoms with Crippen molar-refractivity contribution in [3.05, 3.63) is 31.9 Å². The molecule has 0 bridgehead atoms. The molecule has 1 aromatic rings. The number of hydrogen-bond acceptors (Lipinski definition) is 5. The fourth-order valence-electron chi connectivity index (χ4n) is 1.12. The first-order chi connectivity index (χ1) is 7.56. The number of benzene rings is 1. The Bertz CT molecular complexity index is 386. The molecule has 6 nitrogen and oxygen atoms in total. The van der Waals surface area contributed by atoms with Crippen molar-refractivity contribution in [2.45, 2.75) is 6.10 Å². The van der Waals surface area contributed by atoms with Gasteiger partial charge >= 0.3 is 0 Å². The standard InChI is InChI=1S/C9H11IN2O4/c10-7-2-1-3-8(12(15)16)9(7)11-4-6(14)5-13/h1-3,6,11,13-14H,4-5H2. The number of para-hydroxylation sites is 1. The zero-order valence-electron chi connectivity index (χ0n) is 8.26. The van der Waals surface area contributed by atoms with Crippen LogP contribution >= 0.6 is 22.6 Å². The van der Waals surface area contributed by atoms with Crippen LogP contribution in [0.25, 0.3) is 0 Å². The number of hydrogen-bond donors (Lipinski definition) is 3. The molecule has 0 aromatic heterocycles. The molecule has 0 spiro atoms. The third kappa shape index (κ3) is 3.29. The Kier molecular flexibility index (Phi) is 4.90. The van der Waals surface area contributed by atoms with E-state index in [1.165, 1.54) is 6.07 Å². The van der Waals surface area contributed by atoms with Crippen LogP contribution in [0.4, 0.5) is 11.4 Å². The number of aliphatic hydroxyl groups excluding tert-OH is 2. The number of nitrogens with zero attached hydrogens (tertiary/aromatic N) is 1. The first-order valence-corrected chi connectivity index (χ1v) is 5.59. The molecule has 0 radical (unpaired) electrons. The van der Waals surface area contributed by atoms with Gasteiger partial charge in [0, 0.05) is 16.2 Å². The molecule has 0 aliphatic rings. The van der Waals surface area contributed by atoms with Crippen molar-refractivity contribution >= 4 is 34.0 Å². The number of rotatable bonds is 5. The Hall–Kier alpha value is -0.930. The van der Waals surface area contributed by atoms with Crippen LogP contribution in [-0.4, -0.2) is 34.4 Å². The predicted molar refractivity (Wildman–Crippen MR) is 67.4 cm³/mol. The van der Waals surface area contributed by atoms with Gasteiger partial charge < -0.3 is 15.5 Å². The van der Waals surface area contributed by atoms with Gasteiger partial charge in [0.1, 0.15) is 5.69 Å². The van der Waals surface area contributed by atoms with Gasteiger partial charge in [-0.25, -0.2) is 0 Å². The molecule has 1 unspecified atom stereocenters. The van der Waals surface area contributed by atoms with E-state index in [-0.39, 0.29) is 18.8 Å². The lowest BCUT2D eigenvalue weighted by Gasteiger charge is -2.11. The van der Waals surface area contributed by atoms with Crippen LogP contribution in [-0.2, 0) is 0 Å². The number of nitrogens with one attached hydrogen (secondary N) is 1. The van der Waals surface area contributed by atoms with E-state index in [2.05, 4.69) is 5.32 Å². The van der Waals surface area contributed by atoms with E-state index in [0.29, 0.717) is 9.26 Å². The van der Waals surface area contributed by atoms with Gasteiger partial charge in [0.25, 0.3) is 5.69 Å². The Morgan fingerprint density at radius 2 is 2.25 bits per heavy atom. The minimum atomic E-state index is -0.935. The van der Waals surface area contributed by atoms with Gasteiger partial charge in [0.05, 0.1) is 17.6 Å². The molecule has 0 aliphatic carbocycles. The molecule has 0 saturated heterocycles. The average Bonchev–Trinajstić information content (AvgIpc) is 2.26. The summed E-state index contributed by atoms with van der Waals surface area (Å²) in [5, 5.41) is 31.3. The van der Waals surface area contributed by atoms with Crippen molar-refractivity contribution in [3.63, 3.8) is 0 Å². The van der Waals surface area contributed by atoms with E-state index >= 15 is 0 Å². The Balaban J connectivity index is 2.88. The summed E-state index contributed by atoms with van der Waals surface area (Å²) in [5.74, 6) is 0. The molecule has 88 valence electrons. The molecule has 1 atom stereocenters. The molecule has 0 saturated carbocycles. The quantitative estimate of drug-likeness (QED) is 0.422. The van der Waals surface area contributed by atoms with Gasteiger partial charge in [0.15, 0.2) is 0 Å². The first kappa shape index (κ1) is 13.1. The van der Waals surface area contributed by atoms with E-state index < -0.39 is 11.0 Å². The molecule has 1 rings (SSSR count). The Labute approximate surface area is 106 Å². The summed E-state index contributed by atoms with van der Waals surface area (Å²) in [7, 11) is 0. The van der Waals surface area contributed by atoms with Crippen molar-refractivity contribution < 1.29 is 15.1 Å². The van der Waals surface area contributed by atoms with Crippen molar-refractivity contribution in [3.8, 4) is 0 Å². The largest absolute Gasteiger partial charge is 0.394 e. The number of nitro groups is 1. The fourth-order valence-corrected chi connectivity index (χ4v) is 1.80. The summed E-state index contributed by atoms with van der Waals surface area (Å²) in [6, 6.07) is 4.70. The van der Waals surface area contributed by atoms with Crippen molar-refractivity contribution in [2.24, 2.45) is 0 Å². The number of nitro benzene ring substituents is 1. The fraction of sp³-hybridized carbons (Fsp3) is 0.333. The Morgan fingerprint density at radius 1 is 1.56 bits per heavy atom. The lowest BCUT2D eigenvalue weighted by atomic mass is 10.2. The maximum absolute atomic E-state index is 10.7. The minimum absolute atomic E-state index is 0.0444. The second-order valence-corrected chi connectivity index (χ2v) is 4.27. The lowest BCUT2D eigenvalue weighted by Crippen LogP contribution is -2.23. The highest BCUT2D eigenvalue weighted by Gasteiger charge is 2.16. The van der Waals surface area contributed by atoms with E-state index in [1.807, 2.05) is 22.6 Å². The number of halogens is 1. The molecular formula is C9H11IN2O4. The zero-order valence-corrected chi connectivity index (χ0v) is 10.4. The van der Waals surface area contributed by atoms with Crippen LogP contribution in [0.2, 0.25) is 0 Å². The summed E-state index contributed by atoms with van der Waals surface area (Å²) in [6.07, 6.45) is -0.935. The molecule has 1 aromatic carbocycles. The molecule has 7 heteroatoms. The summed E-state index contributed by atoms with van der Waals surface area (Å²) < 4.78 is 0.692. The van der Waals surface area contributed by atoms with Crippen LogP contribution < -0.4 is 5.32 Å². The van der Waals surface area contributed by atoms with Gasteiger partial charge in [-0.3, -0.25) is 10.1 Å². The third-order valence-electron chi connectivity index (χ3n) is 1.91. The number of anilines is 1. The molecule has 16 heavy (non-hydrogen) atoms. The van der Waals surface area contributed by atoms with E-state index in [1.54, 1.807) is 12.1 Å². The van der Waals surface area contributed by atoms with Gasteiger partial charge in [0.2, 0.25) is 0 Å². The van der Waals surface area contributed by atoms with Crippen LogP contribution in [0.5, 0.6) is 0 Å². The number of aliphatic hydroxyl groups is 2. The maximum Gasteiger partial charge on any atom is 0.293 e. The average molecular weight is 338 g/mol. The monoisotopic (exact) mass is 338 g/mol. The summed E-state index contributed by atoms with van der Waals surface area (Å²) >= 11 is 1.97. The predicted octanol–water partition coefficient (Wildman–Crippen LogP) is 0.964. The topological polar surface area (TPSA) is 95.6 Å². The van der Waals surface area contributed by atoms with Gasteiger partial charge in [-0.15, -0.1) is 0 Å². The van der Waals surface area contributed by atoms with Crippen molar-refractivity contribution in [1.29, 1.82) is 0 Å². The Morgan fingerprint density at radius 3 is 2.81 bits per heavy atom.